The van der Waals surface area contributed by atoms with E-state index in [0.29, 0.717) is 27.8 Å². The molecule has 1 unspecified atom stereocenters. The number of ether oxygens (including phenoxy) is 2. The lowest BCUT2D eigenvalue weighted by Gasteiger charge is -2.24. The van der Waals surface area contributed by atoms with Crippen molar-refractivity contribution in [1.29, 1.82) is 0 Å². The lowest BCUT2D eigenvalue weighted by atomic mass is 9.94. The Morgan fingerprint density at radius 3 is 2.47 bits per heavy atom. The fourth-order valence-electron chi connectivity index (χ4n) is 4.40. The van der Waals surface area contributed by atoms with Gasteiger partial charge >= 0.3 is 5.91 Å². The summed E-state index contributed by atoms with van der Waals surface area (Å²) in [6, 6.07) is 18.8. The van der Waals surface area contributed by atoms with E-state index in [0.717, 1.165) is 22.2 Å². The maximum Gasteiger partial charge on any atom is 0.301 e. The summed E-state index contributed by atoms with van der Waals surface area (Å²) in [5, 5.41) is 11.7. The Morgan fingerprint density at radius 1 is 1.03 bits per heavy atom. The highest BCUT2D eigenvalue weighted by atomic mass is 32.1. The van der Waals surface area contributed by atoms with Crippen LogP contribution in [-0.2, 0) is 16.0 Å². The van der Waals surface area contributed by atoms with E-state index < -0.39 is 17.7 Å². The number of carbonyl (C=O) groups excluding carboxylic acids is 2. The van der Waals surface area contributed by atoms with E-state index in [4.69, 9.17) is 9.47 Å². The van der Waals surface area contributed by atoms with E-state index in [-0.39, 0.29) is 11.3 Å². The van der Waals surface area contributed by atoms with Gasteiger partial charge in [-0.05, 0) is 54.4 Å². The largest absolute Gasteiger partial charge is 0.507 e. The van der Waals surface area contributed by atoms with Crippen molar-refractivity contribution < 1.29 is 24.2 Å². The molecule has 0 bridgehead atoms. The zero-order chi connectivity index (χ0) is 25.4. The molecule has 0 spiro atoms. The van der Waals surface area contributed by atoms with Gasteiger partial charge in [0.1, 0.15) is 23.3 Å². The summed E-state index contributed by atoms with van der Waals surface area (Å²) >= 11 is 1.34. The molecule has 1 saturated heterocycles. The number of hydrogen-bond donors (Lipinski definition) is 1. The highest BCUT2D eigenvalue weighted by molar-refractivity contribution is 7.22. The Kier molecular flexibility index (Phi) is 6.20. The first-order chi connectivity index (χ1) is 17.5. The smallest absolute Gasteiger partial charge is 0.301 e. The van der Waals surface area contributed by atoms with Gasteiger partial charge in [-0.15, -0.1) is 0 Å². The van der Waals surface area contributed by atoms with Gasteiger partial charge < -0.3 is 14.6 Å². The number of rotatable bonds is 6. The number of ketones is 1. The highest BCUT2D eigenvalue weighted by Crippen LogP contribution is 2.46. The first kappa shape index (κ1) is 23.6. The number of Topliss-reactive ketones (excluding diaryl/α,β-unsaturated/α-hetero) is 1. The first-order valence-corrected chi connectivity index (χ1v) is 12.3. The normalized spacial score (nSPS) is 17.1. The second kappa shape index (κ2) is 9.47. The van der Waals surface area contributed by atoms with Crippen LogP contribution in [0, 0.1) is 0 Å². The summed E-state index contributed by atoms with van der Waals surface area (Å²) in [7, 11) is 3.07. The fraction of sp³-hybridized carbons (Fsp3) is 0.179. The summed E-state index contributed by atoms with van der Waals surface area (Å²) < 4.78 is 11.7. The van der Waals surface area contributed by atoms with E-state index in [1.165, 1.54) is 23.3 Å². The van der Waals surface area contributed by atoms with Crippen LogP contribution in [0.3, 0.4) is 0 Å². The molecule has 5 rings (SSSR count). The van der Waals surface area contributed by atoms with Crippen LogP contribution in [-0.4, -0.2) is 36.0 Å². The standard InChI is InChI=1S/C28H24N2O5S/c1-4-16-9-14-20-22(15-16)36-28(29-20)30-24(19-7-5-6-8-21(19)35-3)23(26(32)27(30)33)25(31)17-10-12-18(34-2)13-11-17/h5-15,24,31H,4H2,1-3H3. The lowest BCUT2D eigenvalue weighted by molar-refractivity contribution is -0.132. The molecule has 2 heterocycles. The summed E-state index contributed by atoms with van der Waals surface area (Å²) in [6.07, 6.45) is 0.872. The fourth-order valence-corrected chi connectivity index (χ4v) is 5.46. The maximum atomic E-state index is 13.5. The van der Waals surface area contributed by atoms with Gasteiger partial charge in [-0.1, -0.05) is 42.5 Å². The van der Waals surface area contributed by atoms with E-state index in [9.17, 15) is 14.7 Å². The molecule has 0 aliphatic carbocycles. The monoisotopic (exact) mass is 500 g/mol. The van der Waals surface area contributed by atoms with Gasteiger partial charge in [0, 0.05) is 11.1 Å². The van der Waals surface area contributed by atoms with Gasteiger partial charge in [0.2, 0.25) is 0 Å². The number of para-hydroxylation sites is 1. The molecular weight excluding hydrogens is 476 g/mol. The second-order valence-corrected chi connectivity index (χ2v) is 9.30. The topological polar surface area (TPSA) is 89.0 Å². The van der Waals surface area contributed by atoms with Crippen molar-refractivity contribution in [2.24, 2.45) is 0 Å². The molecule has 0 radical (unpaired) electrons. The minimum atomic E-state index is -0.922. The first-order valence-electron chi connectivity index (χ1n) is 11.4. The van der Waals surface area contributed by atoms with Crippen LogP contribution in [0.4, 0.5) is 5.13 Å². The number of carbonyl (C=O) groups is 2. The molecule has 1 aliphatic rings. The minimum Gasteiger partial charge on any atom is -0.507 e. The van der Waals surface area contributed by atoms with Crippen molar-refractivity contribution in [3.05, 3.63) is 89.0 Å². The summed E-state index contributed by atoms with van der Waals surface area (Å²) in [6.45, 7) is 2.07. The average Bonchev–Trinajstić information content (AvgIpc) is 3.45. The van der Waals surface area contributed by atoms with Crippen LogP contribution in [0.25, 0.3) is 16.0 Å². The number of aromatic nitrogens is 1. The van der Waals surface area contributed by atoms with Gasteiger partial charge in [-0.3, -0.25) is 14.5 Å². The van der Waals surface area contributed by atoms with Crippen LogP contribution >= 0.6 is 11.3 Å². The number of hydrogen-bond acceptors (Lipinski definition) is 7. The van der Waals surface area contributed by atoms with E-state index in [1.54, 1.807) is 49.6 Å². The third-order valence-electron chi connectivity index (χ3n) is 6.30. The number of aliphatic hydroxyl groups is 1. The average molecular weight is 501 g/mol. The van der Waals surface area contributed by atoms with Crippen molar-refractivity contribution in [3.63, 3.8) is 0 Å². The van der Waals surface area contributed by atoms with E-state index >= 15 is 0 Å². The molecule has 7 nitrogen and oxygen atoms in total. The molecule has 182 valence electrons. The number of amides is 1. The van der Waals surface area contributed by atoms with Crippen molar-refractivity contribution in [2.45, 2.75) is 19.4 Å². The third-order valence-corrected chi connectivity index (χ3v) is 7.31. The Balaban J connectivity index is 1.73. The summed E-state index contributed by atoms with van der Waals surface area (Å²) in [4.78, 5) is 33.0. The molecule has 1 aromatic heterocycles. The number of thiazole rings is 1. The number of anilines is 1. The number of methoxy groups -OCH3 is 2. The van der Waals surface area contributed by atoms with Crippen molar-refractivity contribution in [1.82, 2.24) is 4.98 Å². The van der Waals surface area contributed by atoms with Crippen molar-refractivity contribution in [2.75, 3.05) is 19.1 Å². The molecule has 1 N–H and O–H groups in total. The van der Waals surface area contributed by atoms with Crippen LogP contribution in [0.15, 0.2) is 72.3 Å². The number of fused-ring (bicyclic) bond motifs is 1. The highest BCUT2D eigenvalue weighted by Gasteiger charge is 2.49. The summed E-state index contributed by atoms with van der Waals surface area (Å²) in [5.74, 6) is -0.717. The summed E-state index contributed by atoms with van der Waals surface area (Å²) in [5.41, 5.74) is 2.83. The molecule has 1 amide bonds. The molecule has 1 fully saturated rings. The molecule has 4 aromatic rings. The van der Waals surface area contributed by atoms with Crippen molar-refractivity contribution in [3.8, 4) is 11.5 Å². The van der Waals surface area contributed by atoms with Crippen LogP contribution in [0.1, 0.15) is 29.7 Å². The molecule has 8 heteroatoms. The van der Waals surface area contributed by atoms with Gasteiger partial charge in [0.15, 0.2) is 5.13 Å². The molecule has 0 saturated carbocycles. The predicted molar refractivity (Wildman–Crippen MR) is 140 cm³/mol. The number of nitrogens with zero attached hydrogens (tertiary/aromatic N) is 2. The van der Waals surface area contributed by atoms with E-state index in [1.807, 2.05) is 24.3 Å². The van der Waals surface area contributed by atoms with Crippen molar-refractivity contribution >= 4 is 44.1 Å². The maximum absolute atomic E-state index is 13.5. The molecule has 1 atom stereocenters. The lowest BCUT2D eigenvalue weighted by Crippen LogP contribution is -2.29. The zero-order valence-corrected chi connectivity index (χ0v) is 20.8. The Labute approximate surface area is 212 Å². The van der Waals surface area contributed by atoms with Gasteiger partial charge in [0.25, 0.3) is 5.78 Å². The van der Waals surface area contributed by atoms with Crippen LogP contribution < -0.4 is 14.4 Å². The van der Waals surface area contributed by atoms with E-state index in [2.05, 4.69) is 11.9 Å². The Hall–Kier alpha value is -4.17. The van der Waals surface area contributed by atoms with Gasteiger partial charge in [-0.2, -0.15) is 0 Å². The van der Waals surface area contributed by atoms with Crippen LogP contribution in [0.2, 0.25) is 0 Å². The minimum absolute atomic E-state index is 0.0248. The molecule has 36 heavy (non-hydrogen) atoms. The van der Waals surface area contributed by atoms with Gasteiger partial charge in [0.05, 0.1) is 30.0 Å². The predicted octanol–water partition coefficient (Wildman–Crippen LogP) is 5.50. The second-order valence-electron chi connectivity index (χ2n) is 8.29. The Bertz CT molecular complexity index is 1510. The van der Waals surface area contributed by atoms with Crippen LogP contribution in [0.5, 0.6) is 11.5 Å². The molecular formula is C28H24N2O5S. The molecule has 1 aliphatic heterocycles. The quantitative estimate of drug-likeness (QED) is 0.214. The molecule has 3 aromatic carbocycles. The van der Waals surface area contributed by atoms with Gasteiger partial charge in [-0.25, -0.2) is 4.98 Å². The number of aryl methyl sites for hydroxylation is 1. The Morgan fingerprint density at radius 2 is 1.78 bits per heavy atom. The zero-order valence-electron chi connectivity index (χ0n) is 20.0. The number of benzene rings is 3. The third kappa shape index (κ3) is 3.89. The number of aliphatic hydroxyl groups excluding tert-OH is 1. The SMILES string of the molecule is CCc1ccc2nc(N3C(=O)C(=O)C(=C(O)c4ccc(OC)cc4)C3c3ccccc3OC)sc2c1.